The Balaban J connectivity index is 1.43. The summed E-state index contributed by atoms with van der Waals surface area (Å²) in [6, 6.07) is 10.7. The van der Waals surface area contributed by atoms with Crippen molar-refractivity contribution in [3.8, 4) is 0 Å². The summed E-state index contributed by atoms with van der Waals surface area (Å²) >= 11 is 5.28. The standard InChI is InChI=1S/C15H22N4S/c20-15-16-6-7-19(15)13-10-17-8-11-18(12-9-17)14-4-2-1-3-5-14/h1-5H,6-13H2,(H,16,20). The van der Waals surface area contributed by atoms with Crippen LogP contribution < -0.4 is 10.2 Å². The fraction of sp³-hybridized carbons (Fsp3) is 0.533. The molecule has 0 atom stereocenters. The molecule has 2 fully saturated rings. The zero-order valence-corrected chi connectivity index (χ0v) is 12.6. The zero-order valence-electron chi connectivity index (χ0n) is 11.8. The molecule has 0 aliphatic carbocycles. The van der Waals surface area contributed by atoms with E-state index in [1.54, 1.807) is 0 Å². The molecule has 5 heteroatoms. The van der Waals surface area contributed by atoms with Crippen LogP contribution in [0, 0.1) is 0 Å². The highest BCUT2D eigenvalue weighted by atomic mass is 32.1. The van der Waals surface area contributed by atoms with Gasteiger partial charge in [-0.1, -0.05) is 18.2 Å². The fourth-order valence-corrected chi connectivity index (χ4v) is 3.14. The predicted molar refractivity (Wildman–Crippen MR) is 87.3 cm³/mol. The Morgan fingerprint density at radius 3 is 2.35 bits per heavy atom. The second-order valence-corrected chi connectivity index (χ2v) is 5.77. The number of rotatable bonds is 4. The molecule has 0 amide bonds. The van der Waals surface area contributed by atoms with E-state index in [0.717, 1.165) is 57.5 Å². The van der Waals surface area contributed by atoms with Gasteiger partial charge in [0.2, 0.25) is 0 Å². The molecule has 1 N–H and O–H groups in total. The van der Waals surface area contributed by atoms with Gasteiger partial charge in [-0.05, 0) is 24.4 Å². The topological polar surface area (TPSA) is 21.8 Å². The van der Waals surface area contributed by atoms with Crippen molar-refractivity contribution in [3.63, 3.8) is 0 Å². The van der Waals surface area contributed by atoms with Crippen LogP contribution in [-0.4, -0.2) is 67.3 Å². The zero-order chi connectivity index (χ0) is 13.8. The first-order valence-corrected chi connectivity index (χ1v) is 7.79. The van der Waals surface area contributed by atoms with Crippen LogP contribution in [0.4, 0.5) is 5.69 Å². The maximum Gasteiger partial charge on any atom is 0.169 e. The van der Waals surface area contributed by atoms with Crippen molar-refractivity contribution in [2.24, 2.45) is 0 Å². The third kappa shape index (κ3) is 3.22. The summed E-state index contributed by atoms with van der Waals surface area (Å²) in [4.78, 5) is 7.29. The third-order valence-corrected chi connectivity index (χ3v) is 4.53. The van der Waals surface area contributed by atoms with Crippen molar-refractivity contribution in [2.75, 3.05) is 57.3 Å². The van der Waals surface area contributed by atoms with Gasteiger partial charge in [0.25, 0.3) is 0 Å². The van der Waals surface area contributed by atoms with Gasteiger partial charge in [-0.2, -0.15) is 0 Å². The Morgan fingerprint density at radius 2 is 1.70 bits per heavy atom. The molecule has 1 aromatic carbocycles. The smallest absolute Gasteiger partial charge is 0.169 e. The normalized spacial score (nSPS) is 20.3. The number of piperazine rings is 1. The first-order valence-electron chi connectivity index (χ1n) is 7.38. The summed E-state index contributed by atoms with van der Waals surface area (Å²) in [6.07, 6.45) is 0. The van der Waals surface area contributed by atoms with Crippen LogP contribution in [0.2, 0.25) is 0 Å². The number of benzene rings is 1. The lowest BCUT2D eigenvalue weighted by atomic mass is 10.2. The maximum absolute atomic E-state index is 5.28. The SMILES string of the molecule is S=C1NCCN1CCN1CCN(c2ccccc2)CC1. The highest BCUT2D eigenvalue weighted by Gasteiger charge is 2.20. The first kappa shape index (κ1) is 13.6. The molecule has 0 spiro atoms. The molecule has 108 valence electrons. The largest absolute Gasteiger partial charge is 0.369 e. The summed E-state index contributed by atoms with van der Waals surface area (Å²) in [7, 11) is 0. The van der Waals surface area contributed by atoms with Gasteiger partial charge >= 0.3 is 0 Å². The average molecular weight is 290 g/mol. The summed E-state index contributed by atoms with van der Waals surface area (Å²) in [6.45, 7) is 8.75. The predicted octanol–water partition coefficient (Wildman–Crippen LogP) is 0.999. The Bertz CT molecular complexity index is 442. The average Bonchev–Trinajstić information content (AvgIpc) is 2.92. The Labute approximate surface area is 126 Å². The molecule has 2 aliphatic heterocycles. The molecule has 0 radical (unpaired) electrons. The van der Waals surface area contributed by atoms with Crippen LogP contribution >= 0.6 is 12.2 Å². The van der Waals surface area contributed by atoms with Gasteiger partial charge in [0.15, 0.2) is 5.11 Å². The number of para-hydroxylation sites is 1. The van der Waals surface area contributed by atoms with E-state index in [0.29, 0.717) is 0 Å². The number of hydrogen-bond donors (Lipinski definition) is 1. The minimum Gasteiger partial charge on any atom is -0.369 e. The van der Waals surface area contributed by atoms with Crippen molar-refractivity contribution in [1.29, 1.82) is 0 Å². The van der Waals surface area contributed by atoms with Crippen LogP contribution in [0.15, 0.2) is 30.3 Å². The number of thiocarbonyl (C=S) groups is 1. The van der Waals surface area contributed by atoms with E-state index >= 15 is 0 Å². The van der Waals surface area contributed by atoms with Crippen LogP contribution in [0.1, 0.15) is 0 Å². The van der Waals surface area contributed by atoms with Crippen LogP contribution in [0.5, 0.6) is 0 Å². The Kier molecular flexibility index (Phi) is 4.38. The highest BCUT2D eigenvalue weighted by Crippen LogP contribution is 2.15. The summed E-state index contributed by atoms with van der Waals surface area (Å²) < 4.78 is 0. The van der Waals surface area contributed by atoms with Crippen molar-refractivity contribution < 1.29 is 0 Å². The lowest BCUT2D eigenvalue weighted by Crippen LogP contribution is -2.48. The molecule has 2 aliphatic rings. The van der Waals surface area contributed by atoms with E-state index in [-0.39, 0.29) is 0 Å². The number of nitrogens with one attached hydrogen (secondary N) is 1. The molecule has 0 aromatic heterocycles. The lowest BCUT2D eigenvalue weighted by molar-refractivity contribution is 0.239. The summed E-state index contributed by atoms with van der Waals surface area (Å²) in [5.41, 5.74) is 1.34. The van der Waals surface area contributed by atoms with Crippen LogP contribution in [0.3, 0.4) is 0 Å². The molecule has 0 bridgehead atoms. The quantitative estimate of drug-likeness (QED) is 0.833. The number of nitrogens with zero attached hydrogens (tertiary/aromatic N) is 3. The van der Waals surface area contributed by atoms with Gasteiger partial charge in [-0.3, -0.25) is 4.90 Å². The second-order valence-electron chi connectivity index (χ2n) is 5.38. The molecule has 0 saturated carbocycles. The molecule has 4 nitrogen and oxygen atoms in total. The summed E-state index contributed by atoms with van der Waals surface area (Å²) in [5.74, 6) is 0. The van der Waals surface area contributed by atoms with E-state index < -0.39 is 0 Å². The molecule has 0 unspecified atom stereocenters. The third-order valence-electron chi connectivity index (χ3n) is 4.12. The van der Waals surface area contributed by atoms with Gasteiger partial charge in [-0.25, -0.2) is 0 Å². The van der Waals surface area contributed by atoms with E-state index in [4.69, 9.17) is 12.2 Å². The molecule has 1 aromatic rings. The van der Waals surface area contributed by atoms with Gasteiger partial charge in [0.1, 0.15) is 0 Å². The number of anilines is 1. The maximum atomic E-state index is 5.28. The first-order chi connectivity index (χ1) is 9.83. The minimum atomic E-state index is 0.924. The fourth-order valence-electron chi connectivity index (χ4n) is 2.86. The van der Waals surface area contributed by atoms with Gasteiger partial charge in [0, 0.05) is 58.0 Å². The van der Waals surface area contributed by atoms with E-state index in [9.17, 15) is 0 Å². The molecule has 2 saturated heterocycles. The van der Waals surface area contributed by atoms with Crippen molar-refractivity contribution >= 4 is 23.0 Å². The van der Waals surface area contributed by atoms with Crippen LogP contribution in [0.25, 0.3) is 0 Å². The van der Waals surface area contributed by atoms with Gasteiger partial charge < -0.3 is 15.1 Å². The number of hydrogen-bond acceptors (Lipinski definition) is 3. The monoisotopic (exact) mass is 290 g/mol. The van der Waals surface area contributed by atoms with Crippen LogP contribution in [-0.2, 0) is 0 Å². The van der Waals surface area contributed by atoms with E-state index in [1.165, 1.54) is 5.69 Å². The molecule has 20 heavy (non-hydrogen) atoms. The van der Waals surface area contributed by atoms with Crippen molar-refractivity contribution in [2.45, 2.75) is 0 Å². The lowest BCUT2D eigenvalue weighted by Gasteiger charge is -2.36. The Morgan fingerprint density at radius 1 is 0.950 bits per heavy atom. The molecule has 2 heterocycles. The van der Waals surface area contributed by atoms with Crippen molar-refractivity contribution in [3.05, 3.63) is 30.3 Å². The van der Waals surface area contributed by atoms with Gasteiger partial charge in [-0.15, -0.1) is 0 Å². The molecular weight excluding hydrogens is 268 g/mol. The summed E-state index contributed by atoms with van der Waals surface area (Å²) in [5, 5.41) is 4.14. The molecule has 3 rings (SSSR count). The molecular formula is C15H22N4S. The van der Waals surface area contributed by atoms with Gasteiger partial charge in [0.05, 0.1) is 0 Å². The van der Waals surface area contributed by atoms with Crippen molar-refractivity contribution in [1.82, 2.24) is 15.1 Å². The highest BCUT2D eigenvalue weighted by molar-refractivity contribution is 7.80. The minimum absolute atomic E-state index is 0.924. The Hall–Kier alpha value is -1.33. The second kappa shape index (κ2) is 6.41. The van der Waals surface area contributed by atoms with E-state index in [2.05, 4.69) is 50.3 Å². The van der Waals surface area contributed by atoms with E-state index in [1.807, 2.05) is 0 Å².